The summed E-state index contributed by atoms with van der Waals surface area (Å²) >= 11 is 12.4. The van der Waals surface area contributed by atoms with E-state index in [9.17, 15) is 5.11 Å². The quantitative estimate of drug-likeness (QED) is 0.500. The van der Waals surface area contributed by atoms with Gasteiger partial charge in [-0.05, 0) is 30.2 Å². The van der Waals surface area contributed by atoms with Crippen molar-refractivity contribution in [3.05, 3.63) is 58.8 Å². The highest BCUT2D eigenvalue weighted by molar-refractivity contribution is 6.43. The van der Waals surface area contributed by atoms with E-state index in [2.05, 4.69) is 25.6 Å². The third kappa shape index (κ3) is 4.90. The van der Waals surface area contributed by atoms with Crippen LogP contribution in [0, 0.1) is 5.92 Å². The van der Waals surface area contributed by atoms with Gasteiger partial charge >= 0.3 is 0 Å². The summed E-state index contributed by atoms with van der Waals surface area (Å²) in [5.74, 6) is 1.14. The van der Waals surface area contributed by atoms with Gasteiger partial charge in [-0.1, -0.05) is 43.1 Å². The number of aromatic nitrogens is 3. The molecular weight excluding hydrogens is 397 g/mol. The predicted molar refractivity (Wildman–Crippen MR) is 114 cm³/mol. The number of aliphatic hydroxyl groups is 1. The highest BCUT2D eigenvalue weighted by atomic mass is 35.5. The smallest absolute Gasteiger partial charge is 0.225 e. The molecule has 0 aliphatic heterocycles. The molecule has 3 rings (SSSR count). The van der Waals surface area contributed by atoms with Crippen LogP contribution < -0.4 is 10.6 Å². The molecule has 0 saturated carbocycles. The molecule has 0 saturated heterocycles. The monoisotopic (exact) mass is 417 g/mol. The number of hydrogen-bond donors (Lipinski definition) is 3. The van der Waals surface area contributed by atoms with Crippen molar-refractivity contribution in [3.8, 4) is 11.3 Å². The molecule has 3 aromatic rings. The molecule has 8 heteroatoms. The van der Waals surface area contributed by atoms with Gasteiger partial charge in [-0.15, -0.1) is 0 Å². The molecule has 0 fully saturated rings. The number of aliphatic hydroxyl groups excluding tert-OH is 1. The van der Waals surface area contributed by atoms with Gasteiger partial charge in [0.25, 0.3) is 0 Å². The SMILES string of the molecule is CC(C)[C@@H](CO)Nc1nc(Nc2cccc(Cl)c2Cl)cc(-c2cccnc2)n1. The second-order valence-corrected chi connectivity index (χ2v) is 7.39. The molecule has 0 aliphatic carbocycles. The van der Waals surface area contributed by atoms with Gasteiger partial charge in [0.1, 0.15) is 5.82 Å². The zero-order chi connectivity index (χ0) is 20.1. The highest BCUT2D eigenvalue weighted by Crippen LogP contribution is 2.32. The summed E-state index contributed by atoms with van der Waals surface area (Å²) in [5.41, 5.74) is 2.17. The van der Waals surface area contributed by atoms with Crippen molar-refractivity contribution in [1.29, 1.82) is 0 Å². The molecule has 2 aromatic heterocycles. The van der Waals surface area contributed by atoms with Crippen molar-refractivity contribution in [2.45, 2.75) is 19.9 Å². The highest BCUT2D eigenvalue weighted by Gasteiger charge is 2.15. The summed E-state index contributed by atoms with van der Waals surface area (Å²) in [7, 11) is 0. The van der Waals surface area contributed by atoms with E-state index in [0.29, 0.717) is 33.2 Å². The first kappa shape index (κ1) is 20.3. The Bertz CT molecular complexity index is 937. The lowest BCUT2D eigenvalue weighted by molar-refractivity contribution is 0.248. The Kier molecular flexibility index (Phi) is 6.67. The summed E-state index contributed by atoms with van der Waals surface area (Å²) in [4.78, 5) is 13.3. The van der Waals surface area contributed by atoms with Gasteiger partial charge < -0.3 is 15.7 Å². The minimum absolute atomic E-state index is 0.0268. The van der Waals surface area contributed by atoms with Gasteiger partial charge in [-0.3, -0.25) is 4.98 Å². The van der Waals surface area contributed by atoms with Crippen molar-refractivity contribution in [3.63, 3.8) is 0 Å². The molecule has 3 N–H and O–H groups in total. The largest absolute Gasteiger partial charge is 0.394 e. The minimum Gasteiger partial charge on any atom is -0.394 e. The normalized spacial score (nSPS) is 12.1. The van der Waals surface area contributed by atoms with Crippen molar-refractivity contribution in [2.24, 2.45) is 5.92 Å². The Hall–Kier alpha value is -2.41. The van der Waals surface area contributed by atoms with E-state index in [1.165, 1.54) is 0 Å². The average molecular weight is 418 g/mol. The van der Waals surface area contributed by atoms with Crippen LogP contribution in [0.5, 0.6) is 0 Å². The first-order valence-corrected chi connectivity index (χ1v) is 9.61. The molecular formula is C20H21Cl2N5O. The molecule has 0 unspecified atom stereocenters. The maximum atomic E-state index is 9.64. The second kappa shape index (κ2) is 9.19. The van der Waals surface area contributed by atoms with Gasteiger partial charge in [-0.25, -0.2) is 4.98 Å². The predicted octanol–water partition coefficient (Wildman–Crippen LogP) is 5.02. The first-order valence-electron chi connectivity index (χ1n) is 8.86. The molecule has 6 nitrogen and oxygen atoms in total. The summed E-state index contributed by atoms with van der Waals surface area (Å²) in [5, 5.41) is 16.9. The fraction of sp³-hybridized carbons (Fsp3) is 0.250. The number of nitrogens with zero attached hydrogens (tertiary/aromatic N) is 3. The average Bonchev–Trinajstić information content (AvgIpc) is 2.70. The number of hydrogen-bond acceptors (Lipinski definition) is 6. The van der Waals surface area contributed by atoms with Crippen LogP contribution in [-0.2, 0) is 0 Å². The Morgan fingerprint density at radius 3 is 2.61 bits per heavy atom. The zero-order valence-corrected chi connectivity index (χ0v) is 17.0. The number of rotatable bonds is 7. The topological polar surface area (TPSA) is 83.0 Å². The lowest BCUT2D eigenvalue weighted by Crippen LogP contribution is -2.30. The number of anilines is 3. The minimum atomic E-state index is -0.174. The molecule has 1 aromatic carbocycles. The molecule has 0 aliphatic rings. The molecule has 146 valence electrons. The number of pyridine rings is 1. The maximum Gasteiger partial charge on any atom is 0.225 e. The lowest BCUT2D eigenvalue weighted by Gasteiger charge is -2.21. The fourth-order valence-electron chi connectivity index (χ4n) is 2.57. The third-order valence-electron chi connectivity index (χ3n) is 4.21. The Balaban J connectivity index is 2.00. The lowest BCUT2D eigenvalue weighted by atomic mass is 10.1. The van der Waals surface area contributed by atoms with Crippen LogP contribution in [0.2, 0.25) is 10.0 Å². The molecule has 0 bridgehead atoms. The second-order valence-electron chi connectivity index (χ2n) is 6.61. The van der Waals surface area contributed by atoms with Crippen molar-refractivity contribution < 1.29 is 5.11 Å². The van der Waals surface area contributed by atoms with Crippen LogP contribution in [0.25, 0.3) is 11.3 Å². The van der Waals surface area contributed by atoms with E-state index in [4.69, 9.17) is 23.2 Å². The van der Waals surface area contributed by atoms with E-state index in [1.807, 2.05) is 38.1 Å². The van der Waals surface area contributed by atoms with Crippen molar-refractivity contribution >= 4 is 40.7 Å². The summed E-state index contributed by atoms with van der Waals surface area (Å²) in [6.45, 7) is 4.01. The Morgan fingerprint density at radius 2 is 1.93 bits per heavy atom. The Morgan fingerprint density at radius 1 is 1.11 bits per heavy atom. The van der Waals surface area contributed by atoms with Crippen LogP contribution in [0.15, 0.2) is 48.8 Å². The molecule has 0 radical (unpaired) electrons. The standard InChI is InChI=1S/C20H21Cl2N5O/c1-12(2)17(11-28)26-20-25-16(13-5-4-8-23-10-13)9-18(27-20)24-15-7-3-6-14(21)19(15)22/h3-10,12,17,28H,11H2,1-2H3,(H2,24,25,26,27)/t17-/m1/s1. The summed E-state index contributed by atoms with van der Waals surface area (Å²) in [6.07, 6.45) is 3.43. The van der Waals surface area contributed by atoms with Gasteiger partial charge in [-0.2, -0.15) is 4.98 Å². The van der Waals surface area contributed by atoms with Gasteiger partial charge in [0, 0.05) is 24.0 Å². The van der Waals surface area contributed by atoms with Crippen LogP contribution in [0.4, 0.5) is 17.5 Å². The van der Waals surface area contributed by atoms with Crippen molar-refractivity contribution in [1.82, 2.24) is 15.0 Å². The van der Waals surface area contributed by atoms with E-state index in [1.54, 1.807) is 24.5 Å². The van der Waals surface area contributed by atoms with Crippen LogP contribution >= 0.6 is 23.2 Å². The number of nitrogens with one attached hydrogen (secondary N) is 2. The number of benzene rings is 1. The summed E-state index contributed by atoms with van der Waals surface area (Å²) in [6, 6.07) is 10.7. The van der Waals surface area contributed by atoms with E-state index >= 15 is 0 Å². The molecule has 1 atom stereocenters. The molecule has 28 heavy (non-hydrogen) atoms. The fourth-order valence-corrected chi connectivity index (χ4v) is 2.91. The first-order chi connectivity index (χ1) is 13.5. The van der Waals surface area contributed by atoms with Crippen LogP contribution in [0.3, 0.4) is 0 Å². The van der Waals surface area contributed by atoms with E-state index in [0.717, 1.165) is 5.56 Å². The molecule has 0 spiro atoms. The maximum absolute atomic E-state index is 9.64. The van der Waals surface area contributed by atoms with Crippen LogP contribution in [-0.4, -0.2) is 32.7 Å². The van der Waals surface area contributed by atoms with E-state index < -0.39 is 0 Å². The van der Waals surface area contributed by atoms with Gasteiger partial charge in [0.05, 0.1) is 34.1 Å². The van der Waals surface area contributed by atoms with Crippen molar-refractivity contribution in [2.75, 3.05) is 17.2 Å². The molecule has 2 heterocycles. The Labute approximate surface area is 174 Å². The van der Waals surface area contributed by atoms with Gasteiger partial charge in [0.2, 0.25) is 5.95 Å². The van der Waals surface area contributed by atoms with E-state index in [-0.39, 0.29) is 18.6 Å². The number of halogens is 2. The van der Waals surface area contributed by atoms with Gasteiger partial charge in [0.15, 0.2) is 0 Å². The van der Waals surface area contributed by atoms with Crippen LogP contribution in [0.1, 0.15) is 13.8 Å². The molecule has 0 amide bonds. The summed E-state index contributed by atoms with van der Waals surface area (Å²) < 4.78 is 0. The zero-order valence-electron chi connectivity index (χ0n) is 15.5. The third-order valence-corrected chi connectivity index (χ3v) is 5.03.